The van der Waals surface area contributed by atoms with Crippen LogP contribution in [0.4, 0.5) is 5.69 Å². The monoisotopic (exact) mass is 373 g/mol. The van der Waals surface area contributed by atoms with Crippen molar-refractivity contribution in [3.8, 4) is 11.5 Å². The molecule has 0 heterocycles. The molecule has 2 aromatic rings. The Labute approximate surface area is 137 Å². The zero-order valence-electron chi connectivity index (χ0n) is 11.1. The van der Waals surface area contributed by atoms with E-state index in [1.807, 2.05) is 0 Å². The molecular weight excluding hydrogens is 358 g/mol. The molecule has 0 aliphatic rings. The minimum absolute atomic E-state index is 0. The van der Waals surface area contributed by atoms with Crippen molar-refractivity contribution in [1.82, 2.24) is 0 Å². The van der Waals surface area contributed by atoms with Crippen LogP contribution in [-0.4, -0.2) is 18.4 Å². The number of hydrogen-bond acceptors (Lipinski definition) is 4. The molecule has 0 fully saturated rings. The van der Waals surface area contributed by atoms with Crippen LogP contribution in [0.25, 0.3) is 0 Å². The summed E-state index contributed by atoms with van der Waals surface area (Å²) in [6, 6.07) is 13.0. The first-order valence-corrected chi connectivity index (χ1v) is 5.28. The summed E-state index contributed by atoms with van der Waals surface area (Å²) in [6.45, 7) is 0. The van der Waals surface area contributed by atoms with E-state index in [4.69, 9.17) is 5.11 Å². The van der Waals surface area contributed by atoms with Gasteiger partial charge in [0, 0.05) is 34.4 Å². The third-order valence-electron chi connectivity index (χ3n) is 2.13. The van der Waals surface area contributed by atoms with Gasteiger partial charge in [-0.05, 0) is 11.6 Å². The molecule has 7 heteroatoms. The maximum atomic E-state index is 11.4. The largest absolute Gasteiger partial charge is 2.00 e. The van der Waals surface area contributed by atoms with Crippen LogP contribution in [-0.2, 0) is 32.0 Å². The van der Waals surface area contributed by atoms with Crippen molar-refractivity contribution in [1.29, 1.82) is 0 Å². The van der Waals surface area contributed by atoms with Gasteiger partial charge in [-0.25, -0.2) is 0 Å². The quantitative estimate of drug-likeness (QED) is 0.622. The van der Waals surface area contributed by atoms with E-state index in [-0.39, 0.29) is 43.5 Å². The number of aliphatic hydroxyl groups is 1. The molecule has 0 aliphatic heterocycles. The summed E-state index contributed by atoms with van der Waals surface area (Å²) >= 11 is 0. The molecule has 0 spiro atoms. The van der Waals surface area contributed by atoms with Gasteiger partial charge in [-0.2, -0.15) is 0 Å². The van der Waals surface area contributed by atoms with Crippen LogP contribution in [0.2, 0.25) is 0 Å². The summed E-state index contributed by atoms with van der Waals surface area (Å²) in [5.74, 6) is -0.253. The van der Waals surface area contributed by atoms with Crippen LogP contribution in [0.1, 0.15) is 5.56 Å². The van der Waals surface area contributed by atoms with Crippen LogP contribution in [0.15, 0.2) is 53.5 Å². The Balaban J connectivity index is -0.000000621. The van der Waals surface area contributed by atoms with E-state index in [9.17, 15) is 10.2 Å². The van der Waals surface area contributed by atoms with Gasteiger partial charge >= 0.3 is 0 Å². The van der Waals surface area contributed by atoms with Crippen LogP contribution in [0.5, 0.6) is 11.5 Å². The van der Waals surface area contributed by atoms with Crippen molar-refractivity contribution in [2.75, 3.05) is 7.11 Å². The molecule has 21 heavy (non-hydrogen) atoms. The van der Waals surface area contributed by atoms with Gasteiger partial charge in [0.1, 0.15) is 0 Å². The number of nitrogens with zero attached hydrogens (tertiary/aromatic N) is 1. The topological polar surface area (TPSA) is 136 Å². The zero-order valence-corrected chi connectivity index (χ0v) is 13.1. The summed E-state index contributed by atoms with van der Waals surface area (Å²) in [6.07, 6.45) is 1.42. The average Bonchev–Trinajstić information content (AvgIpc) is 2.42. The predicted octanol–water partition coefficient (Wildman–Crippen LogP) is 0.953. The van der Waals surface area contributed by atoms with Gasteiger partial charge in [0.15, 0.2) is 0 Å². The first-order valence-electron chi connectivity index (χ1n) is 5.28. The van der Waals surface area contributed by atoms with Gasteiger partial charge in [0.2, 0.25) is 0 Å². The van der Waals surface area contributed by atoms with Gasteiger partial charge in [0.25, 0.3) is 0 Å². The van der Waals surface area contributed by atoms with Crippen LogP contribution >= 0.6 is 0 Å². The van der Waals surface area contributed by atoms with E-state index >= 15 is 0 Å². The van der Waals surface area contributed by atoms with Crippen molar-refractivity contribution in [3.63, 3.8) is 0 Å². The summed E-state index contributed by atoms with van der Waals surface area (Å²) in [4.78, 5) is 4.00. The molecule has 0 aliphatic carbocycles. The van der Waals surface area contributed by atoms with E-state index in [0.29, 0.717) is 11.3 Å². The first-order chi connectivity index (χ1) is 8.77. The normalized spacial score (nSPS) is 8.48. The van der Waals surface area contributed by atoms with Gasteiger partial charge < -0.3 is 26.3 Å². The smallest absolute Gasteiger partial charge is 0.0551 e. The molecule has 0 saturated carbocycles. The Morgan fingerprint density at radius 1 is 0.857 bits per heavy atom. The van der Waals surface area contributed by atoms with Crippen molar-refractivity contribution < 1.29 is 47.3 Å². The van der Waals surface area contributed by atoms with E-state index in [1.165, 1.54) is 18.3 Å². The second-order valence-electron chi connectivity index (χ2n) is 3.26. The Morgan fingerprint density at radius 3 is 1.86 bits per heavy atom. The number of aliphatic imine (C=N–C) groups is 1. The van der Waals surface area contributed by atoms with Crippen LogP contribution < -0.4 is 10.2 Å². The first kappa shape index (κ1) is 24.3. The van der Waals surface area contributed by atoms with Crippen LogP contribution in [0.3, 0.4) is 0 Å². The number of rotatable bonds is 2. The van der Waals surface area contributed by atoms with Gasteiger partial charge in [-0.1, -0.05) is 48.2 Å². The molecule has 0 aromatic heterocycles. The minimum atomic E-state index is -0.151. The molecule has 1 N–H and O–H groups in total. The summed E-state index contributed by atoms with van der Waals surface area (Å²) in [7, 11) is 1.00. The maximum Gasteiger partial charge on any atom is 0.0551 e. The molecule has 0 unspecified atom stereocenters. The number of hydrogen-bond donors (Lipinski definition) is 1. The second kappa shape index (κ2) is 13.3. The molecule has 0 bridgehead atoms. The molecule has 0 atom stereocenters. The van der Waals surface area contributed by atoms with Crippen LogP contribution in [0, 0.1) is 0 Å². The van der Waals surface area contributed by atoms with E-state index in [0.717, 1.165) is 7.11 Å². The van der Waals surface area contributed by atoms with E-state index in [1.54, 1.807) is 36.4 Å². The molecule has 116 valence electrons. The molecule has 6 nitrogen and oxygen atoms in total. The zero-order chi connectivity index (χ0) is 13.4. The third kappa shape index (κ3) is 7.58. The minimum Gasteiger partial charge on any atom is -2.00 e. The number of benzene rings is 2. The predicted molar refractivity (Wildman–Crippen MR) is 68.5 cm³/mol. The van der Waals surface area contributed by atoms with Gasteiger partial charge in [-0.3, -0.25) is 4.99 Å². The fourth-order valence-electron chi connectivity index (χ4n) is 1.29. The molecule has 2 rings (SSSR count). The Bertz CT molecular complexity index is 487. The second-order valence-corrected chi connectivity index (χ2v) is 3.26. The average molecular weight is 371 g/mol. The van der Waals surface area contributed by atoms with Gasteiger partial charge in [-0.15, -0.1) is 5.75 Å². The summed E-state index contributed by atoms with van der Waals surface area (Å²) < 4.78 is 0. The maximum absolute atomic E-state index is 11.4. The molecule has 0 amide bonds. The standard InChI is InChI=1S/C13H11NO2.CH4O.Mo.2O/c15-12-7-3-1-5-10(12)9-14-11-6-2-4-8-13(11)16;1-2;;;/h1-9,15-16H;2H,1H3;;;/q;;;2*-2/p-2. The summed E-state index contributed by atoms with van der Waals surface area (Å²) in [5.41, 5.74) is 0.816. The van der Waals surface area contributed by atoms with Crippen molar-refractivity contribution in [2.24, 2.45) is 4.99 Å². The summed E-state index contributed by atoms with van der Waals surface area (Å²) in [5, 5.41) is 29.7. The molecule has 0 radical (unpaired) electrons. The fraction of sp³-hybridized carbons (Fsp3) is 0.0714. The molecular formula is C14H13MoNO5-6. The number of aliphatic hydroxyl groups excluding tert-OH is 1. The SMILES string of the molecule is CO.[Mo].[O-2].[O-2].[O-]c1ccccc1C=Nc1ccccc1[O-]. The van der Waals surface area contributed by atoms with E-state index in [2.05, 4.69) is 4.99 Å². The fourth-order valence-corrected chi connectivity index (χ4v) is 1.29. The van der Waals surface area contributed by atoms with Gasteiger partial charge in [0.05, 0.1) is 5.69 Å². The Morgan fingerprint density at radius 2 is 1.33 bits per heavy atom. The van der Waals surface area contributed by atoms with Crippen molar-refractivity contribution in [2.45, 2.75) is 0 Å². The van der Waals surface area contributed by atoms with Crippen molar-refractivity contribution >= 4 is 11.9 Å². The number of para-hydroxylation sites is 3. The van der Waals surface area contributed by atoms with E-state index < -0.39 is 0 Å². The Kier molecular flexibility index (Phi) is 15.4. The Hall–Kier alpha value is -1.72. The molecule has 0 saturated heterocycles. The van der Waals surface area contributed by atoms with Crippen molar-refractivity contribution in [3.05, 3.63) is 54.1 Å². The third-order valence-corrected chi connectivity index (χ3v) is 2.13. The molecule has 2 aromatic carbocycles.